The summed E-state index contributed by atoms with van der Waals surface area (Å²) < 4.78 is 12.0. The predicted molar refractivity (Wildman–Crippen MR) is 59.9 cm³/mol. The van der Waals surface area contributed by atoms with E-state index in [0.717, 1.165) is 5.56 Å². The molecule has 0 aliphatic rings. The molecule has 0 aliphatic carbocycles. The fourth-order valence-corrected chi connectivity index (χ4v) is 1.35. The Bertz CT molecular complexity index is 479. The Labute approximate surface area is 98.6 Å². The van der Waals surface area contributed by atoms with Crippen LogP contribution in [0.15, 0.2) is 16.9 Å². The monoisotopic (exact) mass is 237 g/mol. The Morgan fingerprint density at radius 1 is 1.59 bits per heavy atom. The molecule has 2 aromatic heterocycles. The Balaban J connectivity index is 2.10. The molecule has 17 heavy (non-hydrogen) atoms. The molecular formula is C10H15N5O2. The molecular weight excluding hydrogens is 222 g/mol. The van der Waals surface area contributed by atoms with E-state index in [-0.39, 0.29) is 6.04 Å². The van der Waals surface area contributed by atoms with Crippen LogP contribution in [0.1, 0.15) is 18.8 Å². The fourth-order valence-electron chi connectivity index (χ4n) is 1.35. The summed E-state index contributed by atoms with van der Waals surface area (Å²) in [5.41, 5.74) is 6.62. The van der Waals surface area contributed by atoms with E-state index < -0.39 is 0 Å². The zero-order chi connectivity index (χ0) is 12.3. The van der Waals surface area contributed by atoms with Gasteiger partial charge in [0.2, 0.25) is 0 Å². The van der Waals surface area contributed by atoms with Gasteiger partial charge in [-0.25, -0.2) is 0 Å². The molecule has 2 N–H and O–H groups in total. The fraction of sp³-hybridized carbons (Fsp3) is 0.500. The van der Waals surface area contributed by atoms with E-state index in [4.69, 9.17) is 15.0 Å². The summed E-state index contributed by atoms with van der Waals surface area (Å²) in [6.45, 7) is 2.90. The summed E-state index contributed by atoms with van der Waals surface area (Å²) in [6.07, 6.45) is 3.46. The van der Waals surface area contributed by atoms with Crippen LogP contribution in [-0.2, 0) is 11.8 Å². The highest BCUT2D eigenvalue weighted by Gasteiger charge is 2.16. The number of hydrogen-bond donors (Lipinski definition) is 1. The maximum absolute atomic E-state index is 5.85. The van der Waals surface area contributed by atoms with Gasteiger partial charge in [0.15, 0.2) is 5.82 Å². The van der Waals surface area contributed by atoms with Crippen LogP contribution >= 0.6 is 0 Å². The van der Waals surface area contributed by atoms with Gasteiger partial charge in [-0.1, -0.05) is 5.16 Å². The molecule has 0 aromatic carbocycles. The molecule has 0 radical (unpaired) electrons. The Hall–Kier alpha value is -1.73. The minimum absolute atomic E-state index is 0.371. The van der Waals surface area contributed by atoms with Gasteiger partial charge in [-0.2, -0.15) is 10.1 Å². The van der Waals surface area contributed by atoms with Crippen molar-refractivity contribution in [3.05, 3.63) is 18.2 Å². The molecule has 2 heterocycles. The van der Waals surface area contributed by atoms with Crippen molar-refractivity contribution in [3.8, 4) is 11.5 Å². The van der Waals surface area contributed by atoms with Crippen LogP contribution in [0.5, 0.6) is 0 Å². The van der Waals surface area contributed by atoms with E-state index >= 15 is 0 Å². The zero-order valence-corrected chi connectivity index (χ0v) is 9.83. The lowest BCUT2D eigenvalue weighted by molar-refractivity contribution is 0.130. The van der Waals surface area contributed by atoms with Crippen molar-refractivity contribution in [2.75, 3.05) is 13.2 Å². The van der Waals surface area contributed by atoms with Gasteiger partial charge in [-0.05, 0) is 6.92 Å². The molecule has 1 atom stereocenters. The van der Waals surface area contributed by atoms with Gasteiger partial charge in [-0.3, -0.25) is 4.68 Å². The third-order valence-electron chi connectivity index (χ3n) is 2.23. The van der Waals surface area contributed by atoms with Crippen LogP contribution in [0.2, 0.25) is 0 Å². The van der Waals surface area contributed by atoms with Gasteiger partial charge >= 0.3 is 0 Å². The Kier molecular flexibility index (Phi) is 3.50. The molecule has 2 aromatic rings. The topological polar surface area (TPSA) is 92.0 Å². The predicted octanol–water partition coefficient (Wildman–Crippen LogP) is 0.506. The molecule has 0 aliphatic heterocycles. The highest BCUT2D eigenvalue weighted by atomic mass is 16.5. The second kappa shape index (κ2) is 5.07. The van der Waals surface area contributed by atoms with Crippen molar-refractivity contribution in [3.63, 3.8) is 0 Å². The van der Waals surface area contributed by atoms with Gasteiger partial charge in [0.1, 0.15) is 0 Å². The summed E-state index contributed by atoms with van der Waals surface area (Å²) in [5.74, 6) is 0.859. The van der Waals surface area contributed by atoms with Crippen LogP contribution in [0, 0.1) is 0 Å². The maximum atomic E-state index is 5.85. The van der Waals surface area contributed by atoms with E-state index in [1.54, 1.807) is 17.1 Å². The first-order valence-electron chi connectivity index (χ1n) is 5.36. The second-order valence-corrected chi connectivity index (χ2v) is 3.63. The zero-order valence-electron chi connectivity index (χ0n) is 9.83. The highest BCUT2D eigenvalue weighted by molar-refractivity contribution is 5.49. The lowest BCUT2D eigenvalue weighted by Gasteiger charge is -2.05. The van der Waals surface area contributed by atoms with Crippen LogP contribution in [0.3, 0.4) is 0 Å². The Morgan fingerprint density at radius 2 is 2.41 bits per heavy atom. The lowest BCUT2D eigenvalue weighted by atomic mass is 10.3. The Morgan fingerprint density at radius 3 is 3.06 bits per heavy atom. The number of ether oxygens (including phenoxy) is 1. The van der Waals surface area contributed by atoms with Crippen molar-refractivity contribution < 1.29 is 9.26 Å². The average molecular weight is 237 g/mol. The van der Waals surface area contributed by atoms with Gasteiger partial charge in [0.05, 0.1) is 24.4 Å². The number of nitrogens with two attached hydrogens (primary N) is 1. The van der Waals surface area contributed by atoms with E-state index in [2.05, 4.69) is 15.2 Å². The molecule has 0 fully saturated rings. The third-order valence-corrected chi connectivity index (χ3v) is 2.23. The number of rotatable bonds is 5. The van der Waals surface area contributed by atoms with E-state index in [9.17, 15) is 0 Å². The van der Waals surface area contributed by atoms with Crippen molar-refractivity contribution in [2.45, 2.75) is 13.0 Å². The van der Waals surface area contributed by atoms with Crippen LogP contribution in [0.25, 0.3) is 11.5 Å². The van der Waals surface area contributed by atoms with E-state index in [1.807, 2.05) is 14.0 Å². The van der Waals surface area contributed by atoms with Crippen LogP contribution < -0.4 is 5.73 Å². The van der Waals surface area contributed by atoms with Gasteiger partial charge in [0.25, 0.3) is 5.89 Å². The minimum atomic E-state index is -0.371. The van der Waals surface area contributed by atoms with Crippen molar-refractivity contribution in [1.82, 2.24) is 19.9 Å². The molecule has 0 spiro atoms. The van der Waals surface area contributed by atoms with Crippen LogP contribution in [-0.4, -0.2) is 33.1 Å². The minimum Gasteiger partial charge on any atom is -0.380 e. The standard InChI is InChI=1S/C10H15N5O2/c1-3-16-6-8(11)9-13-10(17-14-9)7-4-12-15(2)5-7/h4-5,8H,3,6,11H2,1-2H3. The molecule has 0 saturated carbocycles. The second-order valence-electron chi connectivity index (χ2n) is 3.63. The maximum Gasteiger partial charge on any atom is 0.261 e. The van der Waals surface area contributed by atoms with Gasteiger partial charge < -0.3 is 15.0 Å². The summed E-state index contributed by atoms with van der Waals surface area (Å²) in [4.78, 5) is 4.21. The quantitative estimate of drug-likeness (QED) is 0.814. The lowest BCUT2D eigenvalue weighted by Crippen LogP contribution is -2.18. The van der Waals surface area contributed by atoms with Crippen molar-refractivity contribution in [2.24, 2.45) is 12.8 Å². The SMILES string of the molecule is CCOCC(N)c1noc(-c2cnn(C)c2)n1. The van der Waals surface area contributed by atoms with Crippen molar-refractivity contribution in [1.29, 1.82) is 0 Å². The smallest absolute Gasteiger partial charge is 0.261 e. The summed E-state index contributed by atoms with van der Waals surface area (Å²) >= 11 is 0. The molecule has 1 unspecified atom stereocenters. The number of aryl methyl sites for hydroxylation is 1. The molecule has 0 amide bonds. The first-order chi connectivity index (χ1) is 8.20. The summed E-state index contributed by atoms with van der Waals surface area (Å²) in [7, 11) is 1.82. The van der Waals surface area contributed by atoms with E-state index in [0.29, 0.717) is 24.9 Å². The van der Waals surface area contributed by atoms with Crippen molar-refractivity contribution >= 4 is 0 Å². The van der Waals surface area contributed by atoms with Gasteiger partial charge in [0, 0.05) is 19.9 Å². The molecule has 92 valence electrons. The molecule has 0 saturated heterocycles. The molecule has 7 heteroatoms. The first kappa shape index (κ1) is 11.7. The number of hydrogen-bond acceptors (Lipinski definition) is 6. The largest absolute Gasteiger partial charge is 0.380 e. The number of nitrogens with zero attached hydrogens (tertiary/aromatic N) is 4. The number of aromatic nitrogens is 4. The summed E-state index contributed by atoms with van der Waals surface area (Å²) in [6, 6.07) is -0.371. The highest BCUT2D eigenvalue weighted by Crippen LogP contribution is 2.17. The van der Waals surface area contributed by atoms with Crippen LogP contribution in [0.4, 0.5) is 0 Å². The third kappa shape index (κ3) is 2.69. The summed E-state index contributed by atoms with van der Waals surface area (Å²) in [5, 5.41) is 7.86. The molecule has 7 nitrogen and oxygen atoms in total. The first-order valence-corrected chi connectivity index (χ1v) is 5.36. The average Bonchev–Trinajstić information content (AvgIpc) is 2.93. The normalized spacial score (nSPS) is 12.9. The molecule has 0 bridgehead atoms. The van der Waals surface area contributed by atoms with Gasteiger partial charge in [-0.15, -0.1) is 0 Å². The molecule has 2 rings (SSSR count). The van der Waals surface area contributed by atoms with E-state index in [1.165, 1.54) is 0 Å².